The molecule has 0 aliphatic rings. The molecule has 2 aromatic rings. The van der Waals surface area contributed by atoms with Crippen LogP contribution in [0.1, 0.15) is 15.9 Å². The van der Waals surface area contributed by atoms with Crippen molar-refractivity contribution in [2.75, 3.05) is 13.6 Å². The highest BCUT2D eigenvalue weighted by Gasteiger charge is 2.12. The monoisotopic (exact) mass is 349 g/mol. The highest BCUT2D eigenvalue weighted by atomic mass is 79.9. The zero-order valence-corrected chi connectivity index (χ0v) is 13.2. The molecule has 0 atom stereocenters. The van der Waals surface area contributed by atoms with Crippen molar-refractivity contribution in [1.29, 1.82) is 0 Å². The molecule has 2 N–H and O–H groups in total. The molecule has 0 radical (unpaired) electrons. The van der Waals surface area contributed by atoms with Gasteiger partial charge in [-0.1, -0.05) is 28.1 Å². The molecule has 0 spiro atoms. The molecule has 2 rings (SSSR count). The van der Waals surface area contributed by atoms with E-state index >= 15 is 0 Å². The second kappa shape index (κ2) is 6.74. The van der Waals surface area contributed by atoms with Gasteiger partial charge in [0, 0.05) is 16.6 Å². The maximum Gasteiger partial charge on any atom is 0.176 e. The van der Waals surface area contributed by atoms with E-state index in [4.69, 9.17) is 0 Å². The Morgan fingerprint density at radius 1 is 1.10 bits per heavy atom. The predicted molar refractivity (Wildman–Crippen MR) is 84.6 cm³/mol. The van der Waals surface area contributed by atoms with Crippen LogP contribution in [0, 0.1) is 0 Å². The summed E-state index contributed by atoms with van der Waals surface area (Å²) >= 11 is 3.38. The smallest absolute Gasteiger partial charge is 0.176 e. The zero-order chi connectivity index (χ0) is 15.4. The number of phenolic OH excluding ortho intramolecular Hbond substituents is 2. The van der Waals surface area contributed by atoms with Gasteiger partial charge in [0.1, 0.15) is 0 Å². The van der Waals surface area contributed by atoms with Gasteiger partial charge >= 0.3 is 0 Å². The fraction of sp³-hybridized carbons (Fsp3) is 0.188. The molecule has 0 bridgehead atoms. The summed E-state index contributed by atoms with van der Waals surface area (Å²) in [7, 11) is 1.86. The molecule has 2 aromatic carbocycles. The van der Waals surface area contributed by atoms with Crippen LogP contribution in [0.5, 0.6) is 11.5 Å². The Labute approximate surface area is 131 Å². The average Bonchev–Trinajstić information content (AvgIpc) is 2.44. The Balaban J connectivity index is 1.98. The lowest BCUT2D eigenvalue weighted by atomic mass is 10.1. The number of phenols is 2. The summed E-state index contributed by atoms with van der Waals surface area (Å²) in [5.41, 5.74) is 1.50. The number of rotatable bonds is 5. The first kappa shape index (κ1) is 15.5. The van der Waals surface area contributed by atoms with Crippen LogP contribution in [0.15, 0.2) is 46.9 Å². The summed E-state index contributed by atoms with van der Waals surface area (Å²) < 4.78 is 1.02. The van der Waals surface area contributed by atoms with Crippen molar-refractivity contribution in [3.63, 3.8) is 0 Å². The van der Waals surface area contributed by atoms with Crippen molar-refractivity contribution in [3.8, 4) is 11.5 Å². The number of aromatic hydroxyl groups is 2. The van der Waals surface area contributed by atoms with Gasteiger partial charge in [0.15, 0.2) is 17.3 Å². The van der Waals surface area contributed by atoms with Crippen molar-refractivity contribution in [1.82, 2.24) is 4.90 Å². The quantitative estimate of drug-likeness (QED) is 0.642. The molecule has 110 valence electrons. The minimum Gasteiger partial charge on any atom is -0.504 e. The number of likely N-dealkylation sites (N-methyl/N-ethyl adjacent to an activating group) is 1. The number of carbonyl (C=O) groups excluding carboxylic acids is 1. The molecule has 0 unspecified atom stereocenters. The Morgan fingerprint density at radius 2 is 1.76 bits per heavy atom. The van der Waals surface area contributed by atoms with Crippen LogP contribution in [-0.2, 0) is 6.54 Å². The van der Waals surface area contributed by atoms with E-state index in [-0.39, 0.29) is 23.8 Å². The van der Waals surface area contributed by atoms with Crippen molar-refractivity contribution in [3.05, 3.63) is 58.1 Å². The third kappa shape index (κ3) is 4.31. The Kier molecular flexibility index (Phi) is 4.98. The molecular weight excluding hydrogens is 334 g/mol. The maximum atomic E-state index is 12.1. The standard InChI is InChI=1S/C16H16BrNO3/c1-18(9-11-2-5-13(17)6-3-11)10-16(21)12-4-7-14(19)15(20)8-12/h2-8,19-20H,9-10H2,1H3. The summed E-state index contributed by atoms with van der Waals surface area (Å²) in [4.78, 5) is 14.0. The Hall–Kier alpha value is -1.85. The molecule has 0 saturated heterocycles. The number of nitrogens with zero attached hydrogens (tertiary/aromatic N) is 1. The first-order chi connectivity index (χ1) is 9.95. The van der Waals surface area contributed by atoms with Gasteiger partial charge in [0.2, 0.25) is 0 Å². The SMILES string of the molecule is CN(CC(=O)c1ccc(O)c(O)c1)Cc1ccc(Br)cc1. The van der Waals surface area contributed by atoms with Crippen molar-refractivity contribution >= 4 is 21.7 Å². The van der Waals surface area contributed by atoms with E-state index in [0.29, 0.717) is 12.1 Å². The molecule has 0 aliphatic carbocycles. The summed E-state index contributed by atoms with van der Waals surface area (Å²) in [6, 6.07) is 12.0. The van der Waals surface area contributed by atoms with Crippen molar-refractivity contribution < 1.29 is 15.0 Å². The minimum absolute atomic E-state index is 0.107. The first-order valence-electron chi connectivity index (χ1n) is 6.44. The minimum atomic E-state index is -0.281. The molecule has 4 nitrogen and oxygen atoms in total. The van der Waals surface area contributed by atoms with Gasteiger partial charge in [0.25, 0.3) is 0 Å². The summed E-state index contributed by atoms with van der Waals surface area (Å²) in [5, 5.41) is 18.7. The Bertz CT molecular complexity index is 640. The number of hydrogen-bond acceptors (Lipinski definition) is 4. The molecule has 0 aliphatic heterocycles. The lowest BCUT2D eigenvalue weighted by Crippen LogP contribution is -2.25. The predicted octanol–water partition coefficient (Wildman–Crippen LogP) is 3.18. The van der Waals surface area contributed by atoms with Gasteiger partial charge in [-0.25, -0.2) is 0 Å². The molecule has 0 saturated carbocycles. The van der Waals surface area contributed by atoms with E-state index < -0.39 is 0 Å². The van der Waals surface area contributed by atoms with Crippen LogP contribution < -0.4 is 0 Å². The van der Waals surface area contributed by atoms with Crippen LogP contribution in [0.3, 0.4) is 0 Å². The average molecular weight is 350 g/mol. The van der Waals surface area contributed by atoms with E-state index in [1.54, 1.807) is 0 Å². The second-order valence-electron chi connectivity index (χ2n) is 4.93. The van der Waals surface area contributed by atoms with Gasteiger partial charge < -0.3 is 10.2 Å². The number of benzene rings is 2. The lowest BCUT2D eigenvalue weighted by Gasteiger charge is -2.16. The largest absolute Gasteiger partial charge is 0.504 e. The number of hydrogen-bond donors (Lipinski definition) is 2. The van der Waals surface area contributed by atoms with Gasteiger partial charge in [0.05, 0.1) is 6.54 Å². The second-order valence-corrected chi connectivity index (χ2v) is 5.84. The van der Waals surface area contributed by atoms with E-state index in [1.165, 1.54) is 18.2 Å². The molecule has 0 aromatic heterocycles. The summed E-state index contributed by atoms with van der Waals surface area (Å²) in [6.07, 6.45) is 0. The van der Waals surface area contributed by atoms with Crippen LogP contribution in [-0.4, -0.2) is 34.5 Å². The molecule has 0 fully saturated rings. The molecule has 0 heterocycles. The normalized spacial score (nSPS) is 10.8. The fourth-order valence-electron chi connectivity index (χ4n) is 1.99. The van der Waals surface area contributed by atoms with Gasteiger partial charge in [-0.2, -0.15) is 0 Å². The lowest BCUT2D eigenvalue weighted by molar-refractivity contribution is 0.0942. The molecule has 0 amide bonds. The molecule has 5 heteroatoms. The number of ketones is 1. The van der Waals surface area contributed by atoms with Gasteiger partial charge in [-0.05, 0) is 42.9 Å². The van der Waals surface area contributed by atoms with Gasteiger partial charge in [-0.3, -0.25) is 9.69 Å². The zero-order valence-electron chi connectivity index (χ0n) is 11.6. The van der Waals surface area contributed by atoms with E-state index in [0.717, 1.165) is 10.0 Å². The van der Waals surface area contributed by atoms with Crippen LogP contribution in [0.2, 0.25) is 0 Å². The summed E-state index contributed by atoms with van der Waals surface area (Å²) in [5.74, 6) is -0.615. The molecule has 21 heavy (non-hydrogen) atoms. The number of Topliss-reactive ketones (excluding diaryl/α,β-unsaturated/α-hetero) is 1. The highest BCUT2D eigenvalue weighted by molar-refractivity contribution is 9.10. The highest BCUT2D eigenvalue weighted by Crippen LogP contribution is 2.25. The summed E-state index contributed by atoms with van der Waals surface area (Å²) in [6.45, 7) is 0.892. The third-order valence-corrected chi connectivity index (χ3v) is 3.61. The third-order valence-electron chi connectivity index (χ3n) is 3.08. The van der Waals surface area contributed by atoms with Crippen molar-refractivity contribution in [2.24, 2.45) is 0 Å². The van der Waals surface area contributed by atoms with E-state index in [9.17, 15) is 15.0 Å². The fourth-order valence-corrected chi connectivity index (χ4v) is 2.26. The first-order valence-corrected chi connectivity index (χ1v) is 7.23. The van der Waals surface area contributed by atoms with Crippen molar-refractivity contribution in [2.45, 2.75) is 6.54 Å². The van der Waals surface area contributed by atoms with Crippen LogP contribution in [0.4, 0.5) is 0 Å². The molecular formula is C16H16BrNO3. The van der Waals surface area contributed by atoms with Crippen LogP contribution >= 0.6 is 15.9 Å². The van der Waals surface area contributed by atoms with Crippen LogP contribution in [0.25, 0.3) is 0 Å². The maximum absolute atomic E-state index is 12.1. The van der Waals surface area contributed by atoms with E-state index in [1.807, 2.05) is 36.2 Å². The van der Waals surface area contributed by atoms with Gasteiger partial charge in [-0.15, -0.1) is 0 Å². The number of carbonyl (C=O) groups is 1. The number of halogens is 1. The van der Waals surface area contributed by atoms with E-state index in [2.05, 4.69) is 15.9 Å². The Morgan fingerprint density at radius 3 is 2.38 bits per heavy atom. The topological polar surface area (TPSA) is 60.8 Å².